The van der Waals surface area contributed by atoms with Crippen molar-refractivity contribution in [1.82, 2.24) is 9.88 Å². The number of nitrogens with two attached hydrogens (primary N) is 2. The van der Waals surface area contributed by atoms with E-state index in [0.717, 1.165) is 25.7 Å². The van der Waals surface area contributed by atoms with E-state index in [1.165, 1.54) is 11.3 Å². The van der Waals surface area contributed by atoms with Gasteiger partial charge < -0.3 is 21.7 Å². The maximum Gasteiger partial charge on any atom is 0.267 e. The van der Waals surface area contributed by atoms with Crippen molar-refractivity contribution in [3.8, 4) is 0 Å². The number of carbonyl (C=O) groups excluding carboxylic acids is 2. The van der Waals surface area contributed by atoms with Gasteiger partial charge in [-0.25, -0.2) is 4.98 Å². The highest BCUT2D eigenvalue weighted by Crippen LogP contribution is 2.32. The molecule has 2 amide bonds. The maximum atomic E-state index is 12.5. The molecule has 0 bridgehead atoms. The molecule has 2 heterocycles. The van der Waals surface area contributed by atoms with E-state index < -0.39 is 0 Å². The first-order valence-corrected chi connectivity index (χ1v) is 7.97. The summed E-state index contributed by atoms with van der Waals surface area (Å²) in [5, 5.41) is 3.94. The topological polar surface area (TPSA) is 114 Å². The summed E-state index contributed by atoms with van der Waals surface area (Å²) in [6.45, 7) is 1.00. The van der Waals surface area contributed by atoms with Crippen LogP contribution in [0.2, 0.25) is 0 Å². The lowest BCUT2D eigenvalue weighted by molar-refractivity contribution is -0.123. The van der Waals surface area contributed by atoms with Crippen LogP contribution in [0.4, 0.5) is 10.9 Å². The molecular formula is C13H19N5O2S. The number of nitrogens with one attached hydrogen (secondary N) is 1. The second-order valence-corrected chi connectivity index (χ2v) is 6.64. The molecule has 1 unspecified atom stereocenters. The predicted octanol–water partition coefficient (Wildman–Crippen LogP) is 0.637. The van der Waals surface area contributed by atoms with Crippen molar-refractivity contribution in [1.29, 1.82) is 0 Å². The molecule has 2 fully saturated rings. The smallest absolute Gasteiger partial charge is 0.267 e. The lowest BCUT2D eigenvalue weighted by Crippen LogP contribution is -2.44. The fraction of sp³-hybridized carbons (Fsp3) is 0.615. The molecule has 1 atom stereocenters. The van der Waals surface area contributed by atoms with E-state index in [1.54, 1.807) is 4.90 Å². The number of hydrogen-bond acceptors (Lipinski definition) is 6. The summed E-state index contributed by atoms with van der Waals surface area (Å²) in [4.78, 5) is 30.1. The summed E-state index contributed by atoms with van der Waals surface area (Å²) in [5.74, 6) is -0.504. The number of likely N-dealkylation sites (tertiary alicyclic amines) is 1. The van der Waals surface area contributed by atoms with Crippen LogP contribution in [0.15, 0.2) is 0 Å². The number of amides is 2. The van der Waals surface area contributed by atoms with Crippen molar-refractivity contribution in [2.75, 3.05) is 24.1 Å². The van der Waals surface area contributed by atoms with Crippen LogP contribution in [0.25, 0.3) is 0 Å². The van der Waals surface area contributed by atoms with Crippen molar-refractivity contribution in [3.05, 3.63) is 4.88 Å². The highest BCUT2D eigenvalue weighted by atomic mass is 32.1. The van der Waals surface area contributed by atoms with E-state index in [0.29, 0.717) is 29.1 Å². The summed E-state index contributed by atoms with van der Waals surface area (Å²) in [6.07, 6.45) is 3.79. The van der Waals surface area contributed by atoms with Gasteiger partial charge >= 0.3 is 0 Å². The number of anilines is 2. The summed E-state index contributed by atoms with van der Waals surface area (Å²) in [6, 6.07) is 0.465. The van der Waals surface area contributed by atoms with Crippen LogP contribution in [0.3, 0.4) is 0 Å². The van der Waals surface area contributed by atoms with Crippen LogP contribution in [-0.2, 0) is 4.79 Å². The van der Waals surface area contributed by atoms with Gasteiger partial charge in [-0.15, -0.1) is 0 Å². The number of primary amides is 1. The monoisotopic (exact) mass is 309 g/mol. The second-order valence-electron chi connectivity index (χ2n) is 5.64. The van der Waals surface area contributed by atoms with E-state index in [2.05, 4.69) is 10.3 Å². The van der Waals surface area contributed by atoms with Crippen LogP contribution in [0.1, 0.15) is 35.4 Å². The molecule has 0 spiro atoms. The zero-order chi connectivity index (χ0) is 15.0. The number of thiazole rings is 1. The van der Waals surface area contributed by atoms with Crippen molar-refractivity contribution >= 4 is 34.1 Å². The number of aromatic nitrogens is 1. The normalized spacial score (nSPS) is 22.1. The molecule has 8 heteroatoms. The fourth-order valence-corrected chi connectivity index (χ4v) is 3.42. The van der Waals surface area contributed by atoms with Gasteiger partial charge in [0.15, 0.2) is 5.13 Å². The number of nitrogen functional groups attached to an aromatic ring is 1. The first-order valence-electron chi connectivity index (χ1n) is 7.16. The molecule has 1 aromatic rings. The predicted molar refractivity (Wildman–Crippen MR) is 81.0 cm³/mol. The molecule has 7 nitrogen and oxygen atoms in total. The lowest BCUT2D eigenvalue weighted by Gasteiger charge is -2.30. The Morgan fingerprint density at radius 3 is 2.76 bits per heavy atom. The highest BCUT2D eigenvalue weighted by molar-refractivity contribution is 7.18. The van der Waals surface area contributed by atoms with Crippen LogP contribution in [-0.4, -0.2) is 40.8 Å². The van der Waals surface area contributed by atoms with Crippen molar-refractivity contribution in [2.24, 2.45) is 11.7 Å². The van der Waals surface area contributed by atoms with Crippen LogP contribution < -0.4 is 16.8 Å². The largest absolute Gasteiger partial charge is 0.382 e. The maximum absolute atomic E-state index is 12.5. The van der Waals surface area contributed by atoms with Gasteiger partial charge in [0.1, 0.15) is 10.7 Å². The van der Waals surface area contributed by atoms with Gasteiger partial charge in [-0.1, -0.05) is 11.3 Å². The van der Waals surface area contributed by atoms with E-state index in [-0.39, 0.29) is 23.6 Å². The molecule has 3 rings (SSSR count). The molecule has 1 aliphatic heterocycles. The van der Waals surface area contributed by atoms with Gasteiger partial charge in [-0.2, -0.15) is 0 Å². The summed E-state index contributed by atoms with van der Waals surface area (Å²) < 4.78 is 0. The van der Waals surface area contributed by atoms with Crippen LogP contribution in [0.5, 0.6) is 0 Å². The number of hydrogen-bond donors (Lipinski definition) is 3. The second kappa shape index (κ2) is 5.51. The minimum atomic E-state index is -0.346. The Kier molecular flexibility index (Phi) is 3.71. The molecule has 0 radical (unpaired) electrons. The Morgan fingerprint density at radius 2 is 2.10 bits per heavy atom. The fourth-order valence-electron chi connectivity index (χ4n) is 2.49. The Morgan fingerprint density at radius 1 is 1.33 bits per heavy atom. The average molecular weight is 309 g/mol. The van der Waals surface area contributed by atoms with Gasteiger partial charge in [0, 0.05) is 19.1 Å². The van der Waals surface area contributed by atoms with Crippen molar-refractivity contribution in [3.63, 3.8) is 0 Å². The van der Waals surface area contributed by atoms with E-state index in [9.17, 15) is 9.59 Å². The third kappa shape index (κ3) is 3.10. The number of nitrogens with zero attached hydrogens (tertiary/aromatic N) is 2. The summed E-state index contributed by atoms with van der Waals surface area (Å²) in [7, 11) is 0. The number of piperidine rings is 1. The number of carbonyl (C=O) groups is 2. The molecule has 21 heavy (non-hydrogen) atoms. The zero-order valence-electron chi connectivity index (χ0n) is 11.7. The van der Waals surface area contributed by atoms with Gasteiger partial charge in [0.05, 0.1) is 5.92 Å². The quantitative estimate of drug-likeness (QED) is 0.755. The third-order valence-electron chi connectivity index (χ3n) is 3.86. The molecule has 1 aromatic heterocycles. The zero-order valence-corrected chi connectivity index (χ0v) is 12.5. The van der Waals surface area contributed by atoms with Gasteiger partial charge in [-0.3, -0.25) is 9.59 Å². The standard InChI is InChI=1S/C13H19N5O2S/c14-10-9(21-13(17-10)16-8-3-4-8)12(20)18-5-1-2-7(6-18)11(15)19/h7-8H,1-6,14H2,(H2,15,19)(H,16,17). The van der Waals surface area contributed by atoms with Crippen molar-refractivity contribution in [2.45, 2.75) is 31.7 Å². The van der Waals surface area contributed by atoms with E-state index >= 15 is 0 Å². The van der Waals surface area contributed by atoms with Gasteiger partial charge in [0.2, 0.25) is 5.91 Å². The molecule has 0 aromatic carbocycles. The van der Waals surface area contributed by atoms with Crippen LogP contribution >= 0.6 is 11.3 Å². The Balaban J connectivity index is 1.71. The summed E-state index contributed by atoms with van der Waals surface area (Å²) >= 11 is 1.28. The van der Waals surface area contributed by atoms with Gasteiger partial charge in [-0.05, 0) is 25.7 Å². The van der Waals surface area contributed by atoms with E-state index in [1.807, 2.05) is 0 Å². The Hall–Kier alpha value is -1.83. The van der Waals surface area contributed by atoms with E-state index in [4.69, 9.17) is 11.5 Å². The number of rotatable bonds is 4. The third-order valence-corrected chi connectivity index (χ3v) is 4.85. The summed E-state index contributed by atoms with van der Waals surface area (Å²) in [5.41, 5.74) is 11.2. The van der Waals surface area contributed by atoms with Crippen molar-refractivity contribution < 1.29 is 9.59 Å². The molecular weight excluding hydrogens is 290 g/mol. The van der Waals surface area contributed by atoms with Gasteiger partial charge in [0.25, 0.3) is 5.91 Å². The lowest BCUT2D eigenvalue weighted by atomic mass is 9.97. The molecule has 1 saturated heterocycles. The average Bonchev–Trinajstić information content (AvgIpc) is 3.20. The first-order chi connectivity index (χ1) is 10.0. The minimum absolute atomic E-state index is 0.153. The molecule has 5 N–H and O–H groups in total. The molecule has 2 aliphatic rings. The minimum Gasteiger partial charge on any atom is -0.382 e. The molecule has 1 aliphatic carbocycles. The highest BCUT2D eigenvalue weighted by Gasteiger charge is 2.30. The SMILES string of the molecule is NC(=O)C1CCCN(C(=O)c2sc(NC3CC3)nc2N)C1. The molecule has 114 valence electrons. The molecule has 1 saturated carbocycles. The first kappa shape index (κ1) is 14.1. The Labute approximate surface area is 126 Å². The Bertz CT molecular complexity index is 569. The van der Waals surface area contributed by atoms with Crippen LogP contribution in [0, 0.1) is 5.92 Å².